The number of nitrogens with one attached hydrogen (secondary N) is 1. The van der Waals surface area contributed by atoms with Crippen LogP contribution in [0.2, 0.25) is 0 Å². The molecule has 0 atom stereocenters. The summed E-state index contributed by atoms with van der Waals surface area (Å²) in [4.78, 5) is 46.2. The number of amides is 1. The van der Waals surface area contributed by atoms with Gasteiger partial charge >= 0.3 is 0 Å². The number of hydrogen-bond acceptors (Lipinski definition) is 5. The summed E-state index contributed by atoms with van der Waals surface area (Å²) in [5.74, 6) is 0.282. The molecule has 1 aromatic heterocycles. The van der Waals surface area contributed by atoms with Crippen molar-refractivity contribution in [3.05, 3.63) is 56.5 Å². The van der Waals surface area contributed by atoms with Gasteiger partial charge in [-0.05, 0) is 43.7 Å². The van der Waals surface area contributed by atoms with Gasteiger partial charge in [0.2, 0.25) is 5.95 Å². The number of hydrogen-bond donors (Lipinski definition) is 2. The number of fused-ring (bicyclic) bond motifs is 3. The molecule has 2 aliphatic carbocycles. The number of H-pyrrole nitrogens is 1. The van der Waals surface area contributed by atoms with E-state index >= 15 is 0 Å². The zero-order valence-corrected chi connectivity index (χ0v) is 15.6. The fourth-order valence-electron chi connectivity index (χ4n) is 5.15. The van der Waals surface area contributed by atoms with E-state index < -0.39 is 0 Å². The van der Waals surface area contributed by atoms with Gasteiger partial charge in [-0.2, -0.15) is 0 Å². The Morgan fingerprint density at radius 1 is 1.07 bits per heavy atom. The maximum atomic E-state index is 13.1. The minimum absolute atomic E-state index is 0.00185. The van der Waals surface area contributed by atoms with Crippen molar-refractivity contribution in [2.45, 2.75) is 43.9 Å². The van der Waals surface area contributed by atoms with E-state index in [1.807, 2.05) is 17.0 Å². The van der Waals surface area contributed by atoms with E-state index in [0.29, 0.717) is 43.5 Å². The van der Waals surface area contributed by atoms with Gasteiger partial charge in [0, 0.05) is 41.6 Å². The Hall–Kier alpha value is -2.96. The van der Waals surface area contributed by atoms with E-state index in [-0.39, 0.29) is 28.6 Å². The minimum atomic E-state index is -0.164. The van der Waals surface area contributed by atoms with Crippen LogP contribution in [0, 0.1) is 0 Å². The lowest BCUT2D eigenvalue weighted by molar-refractivity contribution is 0.0662. The average Bonchev–Trinajstić information content (AvgIpc) is 3.24. The molecule has 1 saturated heterocycles. The lowest BCUT2D eigenvalue weighted by Crippen LogP contribution is -2.45. The first-order valence-corrected chi connectivity index (χ1v) is 9.82. The number of aromatic nitrogens is 2. The quantitative estimate of drug-likeness (QED) is 0.783. The van der Waals surface area contributed by atoms with Crippen LogP contribution in [0.15, 0.2) is 23.0 Å². The molecule has 1 amide bonds. The number of Topliss-reactive ketones (excluding diaryl/α,β-unsaturated/α-hetero) is 1. The zero-order chi connectivity index (χ0) is 19.5. The van der Waals surface area contributed by atoms with E-state index in [2.05, 4.69) is 9.97 Å². The number of carbonyl (C=O) groups is 2. The van der Waals surface area contributed by atoms with Gasteiger partial charge in [0.1, 0.15) is 0 Å². The van der Waals surface area contributed by atoms with Crippen LogP contribution in [0.5, 0.6) is 0 Å². The van der Waals surface area contributed by atoms with Crippen molar-refractivity contribution in [3.63, 3.8) is 0 Å². The Morgan fingerprint density at radius 3 is 2.64 bits per heavy atom. The van der Waals surface area contributed by atoms with Gasteiger partial charge in [-0.25, -0.2) is 4.98 Å². The van der Waals surface area contributed by atoms with Crippen LogP contribution in [0.3, 0.4) is 0 Å². The summed E-state index contributed by atoms with van der Waals surface area (Å²) >= 11 is 0. The van der Waals surface area contributed by atoms with Crippen LogP contribution in [0.4, 0.5) is 5.95 Å². The molecule has 5 rings (SSSR count). The SMILES string of the molecule is Nc1nc2c(c(=O)[nH]1)CCC21CCN(C(=O)c2cccc3c2CCC3=O)CC1. The number of likely N-dealkylation sites (tertiary alicyclic amines) is 1. The van der Waals surface area contributed by atoms with Crippen molar-refractivity contribution in [2.75, 3.05) is 18.8 Å². The molecule has 28 heavy (non-hydrogen) atoms. The largest absolute Gasteiger partial charge is 0.369 e. The Bertz CT molecular complexity index is 1060. The lowest BCUT2D eigenvalue weighted by Gasteiger charge is -2.39. The van der Waals surface area contributed by atoms with E-state index in [4.69, 9.17) is 5.73 Å². The van der Waals surface area contributed by atoms with Crippen LogP contribution >= 0.6 is 0 Å². The Labute approximate surface area is 162 Å². The summed E-state index contributed by atoms with van der Waals surface area (Å²) in [5.41, 5.74) is 9.30. The van der Waals surface area contributed by atoms with Gasteiger partial charge in [0.25, 0.3) is 11.5 Å². The highest BCUT2D eigenvalue weighted by Crippen LogP contribution is 2.44. The number of nitrogen functional groups attached to an aromatic ring is 1. The number of nitrogens with two attached hydrogens (primary N) is 1. The standard InChI is InChI=1S/C21H22N4O3/c22-20-23-17-15(18(27)24-20)6-7-21(17)8-10-25(11-9-21)19(28)14-3-1-2-13-12(14)4-5-16(13)26/h1-3H,4-11H2,(H3,22,23,24,27). The fraction of sp³-hybridized carbons (Fsp3) is 0.429. The van der Waals surface area contributed by atoms with Gasteiger partial charge < -0.3 is 10.6 Å². The molecule has 3 N–H and O–H groups in total. The van der Waals surface area contributed by atoms with E-state index in [0.717, 1.165) is 36.1 Å². The molecule has 144 valence electrons. The maximum Gasteiger partial charge on any atom is 0.255 e. The summed E-state index contributed by atoms with van der Waals surface area (Å²) in [6.07, 6.45) is 4.26. The number of rotatable bonds is 1. The summed E-state index contributed by atoms with van der Waals surface area (Å²) in [5, 5.41) is 0. The molecule has 1 aromatic carbocycles. The van der Waals surface area contributed by atoms with Crippen molar-refractivity contribution in [3.8, 4) is 0 Å². The number of benzene rings is 1. The van der Waals surface area contributed by atoms with Crippen LogP contribution in [-0.2, 0) is 18.3 Å². The Kier molecular flexibility index (Phi) is 3.69. The molecular weight excluding hydrogens is 356 g/mol. The van der Waals surface area contributed by atoms with Crippen molar-refractivity contribution in [2.24, 2.45) is 0 Å². The molecular formula is C21H22N4O3. The first-order chi connectivity index (χ1) is 13.5. The molecule has 2 heterocycles. The number of ketones is 1. The van der Waals surface area contributed by atoms with Crippen molar-refractivity contribution < 1.29 is 9.59 Å². The van der Waals surface area contributed by atoms with Gasteiger partial charge in [-0.3, -0.25) is 19.4 Å². The molecule has 3 aliphatic rings. The maximum absolute atomic E-state index is 13.1. The second kappa shape index (κ2) is 6.02. The highest BCUT2D eigenvalue weighted by atomic mass is 16.2. The van der Waals surface area contributed by atoms with E-state index in [9.17, 15) is 14.4 Å². The molecule has 0 bridgehead atoms. The molecule has 0 saturated carbocycles. The van der Waals surface area contributed by atoms with E-state index in [1.54, 1.807) is 6.07 Å². The van der Waals surface area contributed by atoms with Gasteiger partial charge in [-0.15, -0.1) is 0 Å². The smallest absolute Gasteiger partial charge is 0.255 e. The zero-order valence-electron chi connectivity index (χ0n) is 15.6. The number of carbonyl (C=O) groups excluding carboxylic acids is 2. The first-order valence-electron chi connectivity index (χ1n) is 9.82. The summed E-state index contributed by atoms with van der Waals surface area (Å²) < 4.78 is 0. The van der Waals surface area contributed by atoms with Gasteiger partial charge in [0.15, 0.2) is 5.78 Å². The predicted molar refractivity (Wildman–Crippen MR) is 104 cm³/mol. The van der Waals surface area contributed by atoms with Crippen molar-refractivity contribution in [1.29, 1.82) is 0 Å². The summed E-state index contributed by atoms with van der Waals surface area (Å²) in [7, 11) is 0. The lowest BCUT2D eigenvalue weighted by atomic mass is 9.76. The highest BCUT2D eigenvalue weighted by molar-refractivity contribution is 6.05. The molecule has 7 nitrogen and oxygen atoms in total. The topological polar surface area (TPSA) is 109 Å². The molecule has 2 aromatic rings. The number of anilines is 1. The molecule has 1 aliphatic heterocycles. The normalized spacial score (nSPS) is 19.7. The van der Waals surface area contributed by atoms with Gasteiger partial charge in [-0.1, -0.05) is 12.1 Å². The van der Waals surface area contributed by atoms with E-state index in [1.165, 1.54) is 0 Å². The molecule has 0 radical (unpaired) electrons. The van der Waals surface area contributed by atoms with Crippen LogP contribution in [-0.4, -0.2) is 39.6 Å². The number of aromatic amines is 1. The third kappa shape index (κ3) is 2.42. The predicted octanol–water partition coefficient (Wildman–Crippen LogP) is 1.60. The second-order valence-corrected chi connectivity index (χ2v) is 8.11. The fourth-order valence-corrected chi connectivity index (χ4v) is 5.15. The average molecular weight is 378 g/mol. The minimum Gasteiger partial charge on any atom is -0.369 e. The Morgan fingerprint density at radius 2 is 1.86 bits per heavy atom. The Balaban J connectivity index is 1.39. The summed E-state index contributed by atoms with van der Waals surface area (Å²) in [6, 6.07) is 5.44. The van der Waals surface area contributed by atoms with Crippen molar-refractivity contribution in [1.82, 2.24) is 14.9 Å². The van der Waals surface area contributed by atoms with Gasteiger partial charge in [0.05, 0.1) is 5.69 Å². The third-order valence-electron chi connectivity index (χ3n) is 6.71. The van der Waals surface area contributed by atoms with Crippen LogP contribution in [0.25, 0.3) is 0 Å². The first kappa shape index (κ1) is 17.2. The highest BCUT2D eigenvalue weighted by Gasteiger charge is 2.44. The number of nitrogens with zero attached hydrogens (tertiary/aromatic N) is 2. The second-order valence-electron chi connectivity index (χ2n) is 8.11. The van der Waals surface area contributed by atoms with Crippen molar-refractivity contribution >= 4 is 17.6 Å². The van der Waals surface area contributed by atoms with Crippen LogP contribution < -0.4 is 11.3 Å². The third-order valence-corrected chi connectivity index (χ3v) is 6.71. The monoisotopic (exact) mass is 378 g/mol. The molecule has 1 fully saturated rings. The molecule has 1 spiro atoms. The molecule has 7 heteroatoms. The molecule has 0 unspecified atom stereocenters. The van der Waals surface area contributed by atoms with Crippen LogP contribution in [0.1, 0.15) is 63.2 Å². The summed E-state index contributed by atoms with van der Waals surface area (Å²) in [6.45, 7) is 1.23. The number of piperidine rings is 1.